The number of para-hydroxylation sites is 1. The first-order chi connectivity index (χ1) is 11.6. The summed E-state index contributed by atoms with van der Waals surface area (Å²) >= 11 is 0. The molecule has 2 aromatic rings. The van der Waals surface area contributed by atoms with Crippen molar-refractivity contribution in [1.29, 1.82) is 0 Å². The van der Waals surface area contributed by atoms with E-state index in [1.807, 2.05) is 45.3 Å². The van der Waals surface area contributed by atoms with Crippen molar-refractivity contribution in [2.24, 2.45) is 0 Å². The zero-order valence-corrected chi connectivity index (χ0v) is 14.7. The van der Waals surface area contributed by atoms with E-state index >= 15 is 0 Å². The van der Waals surface area contributed by atoms with Crippen LogP contribution in [0.2, 0.25) is 0 Å². The van der Waals surface area contributed by atoms with Gasteiger partial charge in [-0.15, -0.1) is 0 Å². The second-order valence-corrected chi connectivity index (χ2v) is 6.07. The van der Waals surface area contributed by atoms with E-state index in [0.29, 0.717) is 6.54 Å². The summed E-state index contributed by atoms with van der Waals surface area (Å²) in [6.45, 7) is 2.68. The molecule has 0 heterocycles. The third-order valence-corrected chi connectivity index (χ3v) is 3.87. The molecule has 1 amide bonds. The SMILES string of the molecule is Cc1ccccc1OCC(=O)NCCCc1ccc(N(C)C)cc1. The summed E-state index contributed by atoms with van der Waals surface area (Å²) in [5, 5.41) is 2.90. The topological polar surface area (TPSA) is 41.6 Å². The van der Waals surface area contributed by atoms with Crippen molar-refractivity contribution in [3.8, 4) is 5.75 Å². The summed E-state index contributed by atoms with van der Waals surface area (Å²) in [5.41, 5.74) is 3.51. The van der Waals surface area contributed by atoms with E-state index in [9.17, 15) is 4.79 Å². The van der Waals surface area contributed by atoms with Crippen molar-refractivity contribution in [2.45, 2.75) is 19.8 Å². The Kier molecular flexibility index (Phi) is 6.67. The van der Waals surface area contributed by atoms with Gasteiger partial charge in [-0.05, 0) is 49.1 Å². The quantitative estimate of drug-likeness (QED) is 0.758. The molecule has 1 N–H and O–H groups in total. The number of rotatable bonds is 8. The Balaban J connectivity index is 1.65. The van der Waals surface area contributed by atoms with E-state index in [0.717, 1.165) is 24.2 Å². The Hall–Kier alpha value is -2.49. The van der Waals surface area contributed by atoms with Gasteiger partial charge in [-0.25, -0.2) is 0 Å². The molecule has 0 aliphatic heterocycles. The normalized spacial score (nSPS) is 10.3. The second-order valence-electron chi connectivity index (χ2n) is 6.07. The fraction of sp³-hybridized carbons (Fsp3) is 0.350. The van der Waals surface area contributed by atoms with Crippen LogP contribution in [0.3, 0.4) is 0 Å². The number of amides is 1. The first-order valence-corrected chi connectivity index (χ1v) is 8.27. The molecule has 0 fully saturated rings. The Morgan fingerprint density at radius 3 is 2.46 bits per heavy atom. The van der Waals surface area contributed by atoms with Gasteiger partial charge in [0.1, 0.15) is 5.75 Å². The number of carbonyl (C=O) groups is 1. The van der Waals surface area contributed by atoms with Gasteiger partial charge in [0.15, 0.2) is 6.61 Å². The van der Waals surface area contributed by atoms with E-state index in [-0.39, 0.29) is 12.5 Å². The molecule has 0 spiro atoms. The lowest BCUT2D eigenvalue weighted by molar-refractivity contribution is -0.123. The molecule has 4 heteroatoms. The zero-order valence-electron chi connectivity index (χ0n) is 14.7. The van der Waals surface area contributed by atoms with Crippen LogP contribution in [-0.4, -0.2) is 33.2 Å². The molecule has 0 saturated carbocycles. The molecule has 0 aliphatic carbocycles. The Bertz CT molecular complexity index is 651. The molecule has 2 aromatic carbocycles. The summed E-state index contributed by atoms with van der Waals surface area (Å²) in [5.74, 6) is 0.676. The van der Waals surface area contributed by atoms with Gasteiger partial charge >= 0.3 is 0 Å². The van der Waals surface area contributed by atoms with Gasteiger partial charge in [-0.1, -0.05) is 30.3 Å². The monoisotopic (exact) mass is 326 g/mol. The predicted octanol–water partition coefficient (Wildman–Crippen LogP) is 3.19. The first kappa shape index (κ1) is 17.9. The number of hydrogen-bond acceptors (Lipinski definition) is 3. The maximum Gasteiger partial charge on any atom is 0.257 e. The average molecular weight is 326 g/mol. The highest BCUT2D eigenvalue weighted by atomic mass is 16.5. The number of anilines is 1. The van der Waals surface area contributed by atoms with Gasteiger partial charge in [0.25, 0.3) is 5.91 Å². The molecular formula is C20H26N2O2. The molecule has 0 radical (unpaired) electrons. The predicted molar refractivity (Wildman–Crippen MR) is 98.8 cm³/mol. The van der Waals surface area contributed by atoms with Gasteiger partial charge in [0.2, 0.25) is 0 Å². The standard InChI is InChI=1S/C20H26N2O2/c1-16-7-4-5-9-19(16)24-15-20(23)21-14-6-8-17-10-12-18(13-11-17)22(2)3/h4-5,7,9-13H,6,8,14-15H2,1-3H3,(H,21,23). The first-order valence-electron chi connectivity index (χ1n) is 8.27. The molecular weight excluding hydrogens is 300 g/mol. The van der Waals surface area contributed by atoms with Crippen molar-refractivity contribution in [3.63, 3.8) is 0 Å². The average Bonchev–Trinajstić information content (AvgIpc) is 2.58. The van der Waals surface area contributed by atoms with Gasteiger partial charge in [0, 0.05) is 26.3 Å². The zero-order chi connectivity index (χ0) is 17.4. The molecule has 2 rings (SSSR count). The third-order valence-electron chi connectivity index (χ3n) is 3.87. The minimum atomic E-state index is -0.0822. The number of ether oxygens (including phenoxy) is 1. The van der Waals surface area contributed by atoms with Gasteiger partial charge < -0.3 is 15.0 Å². The number of carbonyl (C=O) groups excluding carboxylic acids is 1. The highest BCUT2D eigenvalue weighted by molar-refractivity contribution is 5.77. The molecule has 4 nitrogen and oxygen atoms in total. The van der Waals surface area contributed by atoms with Crippen LogP contribution in [0.4, 0.5) is 5.69 Å². The summed E-state index contributed by atoms with van der Waals surface area (Å²) in [6, 6.07) is 16.2. The number of nitrogens with one attached hydrogen (secondary N) is 1. The van der Waals surface area contributed by atoms with E-state index in [1.54, 1.807) is 0 Å². The molecule has 24 heavy (non-hydrogen) atoms. The maximum atomic E-state index is 11.8. The van der Waals surface area contributed by atoms with Crippen LogP contribution >= 0.6 is 0 Å². The summed E-state index contributed by atoms with van der Waals surface area (Å²) < 4.78 is 5.53. The lowest BCUT2D eigenvalue weighted by Crippen LogP contribution is -2.30. The van der Waals surface area contributed by atoms with Crippen molar-refractivity contribution >= 4 is 11.6 Å². The molecule has 128 valence electrons. The van der Waals surface area contributed by atoms with Crippen LogP contribution in [0.1, 0.15) is 17.5 Å². The number of aryl methyl sites for hydroxylation is 2. The molecule has 0 bridgehead atoms. The Morgan fingerprint density at radius 2 is 1.79 bits per heavy atom. The lowest BCUT2D eigenvalue weighted by atomic mass is 10.1. The largest absolute Gasteiger partial charge is 0.484 e. The number of benzene rings is 2. The highest BCUT2D eigenvalue weighted by Crippen LogP contribution is 2.16. The van der Waals surface area contributed by atoms with Crippen molar-refractivity contribution in [2.75, 3.05) is 32.1 Å². The summed E-state index contributed by atoms with van der Waals surface area (Å²) in [6.07, 6.45) is 1.87. The smallest absolute Gasteiger partial charge is 0.257 e. The number of nitrogens with zero attached hydrogens (tertiary/aromatic N) is 1. The maximum absolute atomic E-state index is 11.8. The molecule has 0 saturated heterocycles. The van der Waals surface area contributed by atoms with Crippen LogP contribution < -0.4 is 15.0 Å². The van der Waals surface area contributed by atoms with Crippen molar-refractivity contribution in [1.82, 2.24) is 5.32 Å². The Labute approximate surface area is 144 Å². The molecule has 0 unspecified atom stereocenters. The molecule has 0 aliphatic rings. The Morgan fingerprint density at radius 1 is 1.08 bits per heavy atom. The minimum Gasteiger partial charge on any atom is -0.484 e. The van der Waals surface area contributed by atoms with E-state index in [4.69, 9.17) is 4.74 Å². The van der Waals surface area contributed by atoms with E-state index < -0.39 is 0 Å². The summed E-state index contributed by atoms with van der Waals surface area (Å²) in [7, 11) is 4.06. The third kappa shape index (κ3) is 5.61. The van der Waals surface area contributed by atoms with Crippen molar-refractivity contribution in [3.05, 3.63) is 59.7 Å². The lowest BCUT2D eigenvalue weighted by Gasteiger charge is -2.12. The number of hydrogen-bond donors (Lipinski definition) is 1. The van der Waals surface area contributed by atoms with Crippen LogP contribution in [-0.2, 0) is 11.2 Å². The fourth-order valence-corrected chi connectivity index (χ4v) is 2.39. The van der Waals surface area contributed by atoms with E-state index in [2.05, 4.69) is 34.5 Å². The second kappa shape index (κ2) is 8.96. The van der Waals surface area contributed by atoms with E-state index in [1.165, 1.54) is 11.3 Å². The summed E-state index contributed by atoms with van der Waals surface area (Å²) in [4.78, 5) is 13.9. The fourth-order valence-electron chi connectivity index (χ4n) is 2.39. The van der Waals surface area contributed by atoms with Crippen LogP contribution in [0.15, 0.2) is 48.5 Å². The molecule has 0 atom stereocenters. The van der Waals surface area contributed by atoms with Crippen LogP contribution in [0.5, 0.6) is 5.75 Å². The van der Waals surface area contributed by atoms with Gasteiger partial charge in [0.05, 0.1) is 0 Å². The van der Waals surface area contributed by atoms with Crippen LogP contribution in [0, 0.1) is 6.92 Å². The minimum absolute atomic E-state index is 0.0579. The van der Waals surface area contributed by atoms with Crippen molar-refractivity contribution < 1.29 is 9.53 Å². The molecule has 0 aromatic heterocycles. The van der Waals surface area contributed by atoms with Crippen LogP contribution in [0.25, 0.3) is 0 Å². The van der Waals surface area contributed by atoms with Gasteiger partial charge in [-0.2, -0.15) is 0 Å². The van der Waals surface area contributed by atoms with Gasteiger partial charge in [-0.3, -0.25) is 4.79 Å². The highest BCUT2D eigenvalue weighted by Gasteiger charge is 2.04.